The molecule has 25 heavy (non-hydrogen) atoms. The lowest BCUT2D eigenvalue weighted by atomic mass is 9.53. The van der Waals surface area contributed by atoms with E-state index < -0.39 is 33.9 Å². The van der Waals surface area contributed by atoms with Crippen LogP contribution in [0.25, 0.3) is 0 Å². The zero-order valence-electron chi connectivity index (χ0n) is 15.5. The summed E-state index contributed by atoms with van der Waals surface area (Å²) in [5.74, 6) is -2.72. The third-order valence-electron chi connectivity index (χ3n) is 6.52. The average Bonchev–Trinajstić information content (AvgIpc) is 2.71. The summed E-state index contributed by atoms with van der Waals surface area (Å²) in [4.78, 5) is 37.7. The van der Waals surface area contributed by atoms with Crippen molar-refractivity contribution in [1.29, 1.82) is 0 Å². The van der Waals surface area contributed by atoms with E-state index in [0.29, 0.717) is 12.7 Å². The first-order valence-electron chi connectivity index (χ1n) is 8.90. The van der Waals surface area contributed by atoms with Crippen molar-refractivity contribution in [3.8, 4) is 0 Å². The van der Waals surface area contributed by atoms with Crippen molar-refractivity contribution in [2.45, 2.75) is 59.5 Å². The molecule has 0 aromatic carbocycles. The first-order valence-corrected chi connectivity index (χ1v) is 8.90. The molecule has 0 radical (unpaired) electrons. The third-order valence-corrected chi connectivity index (χ3v) is 6.52. The van der Waals surface area contributed by atoms with Gasteiger partial charge in [0.05, 0.1) is 0 Å². The van der Waals surface area contributed by atoms with Crippen LogP contribution in [-0.4, -0.2) is 33.7 Å². The van der Waals surface area contributed by atoms with E-state index in [1.54, 1.807) is 13.8 Å². The van der Waals surface area contributed by atoms with E-state index >= 15 is 0 Å². The zero-order valence-corrected chi connectivity index (χ0v) is 15.5. The number of allylic oxidation sites excluding steroid dienone is 2. The number of carbonyl (C=O) groups excluding carboxylic acids is 3. The molecule has 136 valence electrons. The lowest BCUT2D eigenvalue weighted by molar-refractivity contribution is -0.140. The fourth-order valence-corrected chi connectivity index (χ4v) is 5.86. The minimum atomic E-state index is -1.96. The van der Waals surface area contributed by atoms with Crippen LogP contribution < -0.4 is 0 Å². The van der Waals surface area contributed by atoms with Gasteiger partial charge in [-0.05, 0) is 24.2 Å². The van der Waals surface area contributed by atoms with E-state index in [9.17, 15) is 24.6 Å². The lowest BCUT2D eigenvalue weighted by Crippen LogP contribution is -2.53. The summed E-state index contributed by atoms with van der Waals surface area (Å²) in [7, 11) is 0. The summed E-state index contributed by atoms with van der Waals surface area (Å²) >= 11 is 0. The number of rotatable bonds is 2. The maximum atomic E-state index is 13.0. The fourth-order valence-electron chi connectivity index (χ4n) is 5.86. The van der Waals surface area contributed by atoms with Crippen LogP contribution >= 0.6 is 0 Å². The topological polar surface area (TPSA) is 91.7 Å². The molecule has 0 aromatic rings. The van der Waals surface area contributed by atoms with Crippen LogP contribution in [0.5, 0.6) is 0 Å². The Morgan fingerprint density at radius 3 is 2.20 bits per heavy atom. The molecule has 1 fully saturated rings. The monoisotopic (exact) mass is 346 g/mol. The molecule has 0 bridgehead atoms. The van der Waals surface area contributed by atoms with Crippen molar-refractivity contribution in [2.75, 3.05) is 0 Å². The van der Waals surface area contributed by atoms with Crippen LogP contribution in [0.1, 0.15) is 53.9 Å². The first-order chi connectivity index (χ1) is 11.4. The molecule has 2 N–H and O–H groups in total. The number of ketones is 2. The molecule has 5 nitrogen and oxygen atoms in total. The minimum Gasteiger partial charge on any atom is -0.507 e. The van der Waals surface area contributed by atoms with Crippen LogP contribution in [0.15, 0.2) is 22.5 Å². The number of aldehydes is 1. The van der Waals surface area contributed by atoms with Crippen molar-refractivity contribution < 1.29 is 24.6 Å². The van der Waals surface area contributed by atoms with Crippen LogP contribution in [0.3, 0.4) is 0 Å². The summed E-state index contributed by atoms with van der Waals surface area (Å²) in [5.41, 5.74) is -3.08. The normalized spacial score (nSPS) is 37.5. The summed E-state index contributed by atoms with van der Waals surface area (Å²) in [5, 5.41) is 22.2. The van der Waals surface area contributed by atoms with E-state index in [1.165, 1.54) is 0 Å². The van der Waals surface area contributed by atoms with Gasteiger partial charge < -0.3 is 10.2 Å². The predicted molar refractivity (Wildman–Crippen MR) is 91.8 cm³/mol. The third kappa shape index (κ3) is 2.02. The van der Waals surface area contributed by atoms with E-state index in [-0.39, 0.29) is 28.4 Å². The molecular weight excluding hydrogens is 320 g/mol. The van der Waals surface area contributed by atoms with Crippen LogP contribution in [0.4, 0.5) is 0 Å². The highest BCUT2D eigenvalue weighted by Gasteiger charge is 2.68. The Morgan fingerprint density at radius 2 is 1.68 bits per heavy atom. The fraction of sp³-hybridized carbons (Fsp3) is 0.650. The van der Waals surface area contributed by atoms with Gasteiger partial charge in [-0.25, -0.2) is 0 Å². The number of hydrogen-bond donors (Lipinski definition) is 2. The SMILES string of the molecule is CC(C)C1=C(O)C2=C(C(=O)C1=O)C1(C)CCCC(C)(C)C1C2(O)C=O. The highest BCUT2D eigenvalue weighted by molar-refractivity contribution is 6.51. The summed E-state index contributed by atoms with van der Waals surface area (Å²) in [6.45, 7) is 9.19. The highest BCUT2D eigenvalue weighted by atomic mass is 16.3. The molecule has 3 unspecified atom stereocenters. The Labute approximate surface area is 147 Å². The van der Waals surface area contributed by atoms with Gasteiger partial charge in [0, 0.05) is 28.1 Å². The molecule has 3 rings (SSSR count). The van der Waals surface area contributed by atoms with Crippen LogP contribution in [0, 0.1) is 22.7 Å². The number of fused-ring (bicyclic) bond motifs is 2. The molecular formula is C20H26O5. The Balaban J connectivity index is 2.39. The number of carbonyl (C=O) groups is 3. The Hall–Kier alpha value is -1.75. The quantitative estimate of drug-likeness (QED) is 0.456. The van der Waals surface area contributed by atoms with Gasteiger partial charge in [-0.1, -0.05) is 41.0 Å². The van der Waals surface area contributed by atoms with Crippen LogP contribution in [-0.2, 0) is 14.4 Å². The van der Waals surface area contributed by atoms with Gasteiger partial charge in [0.25, 0.3) is 0 Å². The summed E-state index contributed by atoms with van der Waals surface area (Å²) in [6, 6.07) is 0. The van der Waals surface area contributed by atoms with Gasteiger partial charge in [0.1, 0.15) is 5.76 Å². The number of hydrogen-bond acceptors (Lipinski definition) is 5. The second-order valence-electron chi connectivity index (χ2n) is 8.96. The number of aliphatic hydroxyl groups excluding tert-OH is 1. The Morgan fingerprint density at radius 1 is 1.08 bits per heavy atom. The van der Waals surface area contributed by atoms with Crippen molar-refractivity contribution in [3.05, 3.63) is 22.5 Å². The van der Waals surface area contributed by atoms with Gasteiger partial charge in [-0.3, -0.25) is 14.4 Å². The van der Waals surface area contributed by atoms with Crippen LogP contribution in [0.2, 0.25) is 0 Å². The van der Waals surface area contributed by atoms with E-state index in [1.807, 2.05) is 20.8 Å². The molecule has 0 amide bonds. The van der Waals surface area contributed by atoms with Gasteiger partial charge in [-0.2, -0.15) is 0 Å². The molecule has 3 atom stereocenters. The van der Waals surface area contributed by atoms with Crippen molar-refractivity contribution in [3.63, 3.8) is 0 Å². The number of aliphatic hydroxyl groups is 2. The van der Waals surface area contributed by atoms with Gasteiger partial charge in [0.15, 0.2) is 11.9 Å². The Kier molecular flexibility index (Phi) is 3.71. The van der Waals surface area contributed by atoms with Crippen molar-refractivity contribution in [2.24, 2.45) is 22.7 Å². The van der Waals surface area contributed by atoms with Crippen molar-refractivity contribution in [1.82, 2.24) is 0 Å². The van der Waals surface area contributed by atoms with Crippen molar-refractivity contribution >= 4 is 17.9 Å². The smallest absolute Gasteiger partial charge is 0.233 e. The molecule has 3 aliphatic rings. The van der Waals surface area contributed by atoms with E-state index in [4.69, 9.17) is 0 Å². The van der Waals surface area contributed by atoms with Gasteiger partial charge in [-0.15, -0.1) is 0 Å². The Bertz CT molecular complexity index is 754. The average molecular weight is 346 g/mol. The molecule has 5 heteroatoms. The summed E-state index contributed by atoms with van der Waals surface area (Å²) in [6.07, 6.45) is 2.67. The molecule has 0 saturated heterocycles. The highest BCUT2D eigenvalue weighted by Crippen LogP contribution is 2.66. The molecule has 0 spiro atoms. The zero-order chi connectivity index (χ0) is 18.9. The minimum absolute atomic E-state index is 0.0101. The second kappa shape index (κ2) is 5.13. The predicted octanol–water partition coefficient (Wildman–Crippen LogP) is 2.68. The first kappa shape index (κ1) is 18.1. The van der Waals surface area contributed by atoms with Gasteiger partial charge >= 0.3 is 0 Å². The molecule has 0 aliphatic heterocycles. The maximum absolute atomic E-state index is 13.0. The molecule has 0 heterocycles. The number of Topliss-reactive ketones (excluding diaryl/α,β-unsaturated/α-hetero) is 2. The molecule has 0 aromatic heterocycles. The molecule has 1 saturated carbocycles. The largest absolute Gasteiger partial charge is 0.507 e. The molecule has 3 aliphatic carbocycles. The maximum Gasteiger partial charge on any atom is 0.233 e. The lowest BCUT2D eigenvalue weighted by Gasteiger charge is -2.51. The van der Waals surface area contributed by atoms with Gasteiger partial charge in [0.2, 0.25) is 11.6 Å². The standard InChI is InChI=1S/C20H26O5/c1-10(2)11-14(22)13-12(16(24)15(11)23)19(5)8-6-7-18(3,4)17(19)20(13,25)9-21/h9-10,17,22,25H,6-8H2,1-5H3. The second-order valence-corrected chi connectivity index (χ2v) is 8.96. The summed E-state index contributed by atoms with van der Waals surface area (Å²) < 4.78 is 0. The van der Waals surface area contributed by atoms with E-state index in [2.05, 4.69) is 0 Å². The van der Waals surface area contributed by atoms with E-state index in [0.717, 1.165) is 12.8 Å².